The van der Waals surface area contributed by atoms with Crippen LogP contribution in [0.2, 0.25) is 0 Å². The van der Waals surface area contributed by atoms with Crippen LogP contribution < -0.4 is 5.32 Å². The summed E-state index contributed by atoms with van der Waals surface area (Å²) in [6.45, 7) is 3.01. The van der Waals surface area contributed by atoms with Crippen LogP contribution in [-0.2, 0) is 4.79 Å². The van der Waals surface area contributed by atoms with Gasteiger partial charge in [-0.15, -0.1) is 0 Å². The molecule has 5 nitrogen and oxygen atoms in total. The molecule has 2 amide bonds. The smallest absolute Gasteiger partial charge is 0.251 e. The Bertz CT molecular complexity index is 664. The van der Waals surface area contributed by atoms with Crippen LogP contribution in [0.5, 0.6) is 0 Å². The lowest BCUT2D eigenvalue weighted by molar-refractivity contribution is -0.133. The van der Waals surface area contributed by atoms with Gasteiger partial charge in [-0.2, -0.15) is 0 Å². The molecule has 2 saturated heterocycles. The zero-order chi connectivity index (χ0) is 19.2. The van der Waals surface area contributed by atoms with Crippen LogP contribution in [-0.4, -0.2) is 67.1 Å². The molecule has 1 aromatic rings. The second-order valence-electron chi connectivity index (χ2n) is 7.48. The highest BCUT2D eigenvalue weighted by Gasteiger charge is 2.30. The van der Waals surface area contributed by atoms with Gasteiger partial charge in [0.25, 0.3) is 5.91 Å². The van der Waals surface area contributed by atoms with Crippen molar-refractivity contribution in [2.45, 2.75) is 31.7 Å². The fourth-order valence-corrected chi connectivity index (χ4v) is 4.47. The van der Waals surface area contributed by atoms with Crippen LogP contribution in [0.1, 0.15) is 36.0 Å². The Morgan fingerprint density at radius 2 is 1.96 bits per heavy atom. The molecule has 7 heteroatoms. The largest absolute Gasteiger partial charge is 0.352 e. The summed E-state index contributed by atoms with van der Waals surface area (Å²) in [5.41, 5.74) is 0.693. The summed E-state index contributed by atoms with van der Waals surface area (Å²) in [5.74, 6) is 0.464. The number of amides is 2. The molecule has 2 aliphatic rings. The summed E-state index contributed by atoms with van der Waals surface area (Å²) >= 11 is 2.20. The number of rotatable bonds is 6. The molecule has 148 valence electrons. The monoisotopic (exact) mass is 487 g/mol. The van der Waals surface area contributed by atoms with Crippen molar-refractivity contribution in [3.8, 4) is 0 Å². The van der Waals surface area contributed by atoms with Crippen LogP contribution >= 0.6 is 22.6 Å². The number of hydrogen-bond acceptors (Lipinski definition) is 3. The van der Waals surface area contributed by atoms with Gasteiger partial charge in [0.15, 0.2) is 0 Å². The summed E-state index contributed by atoms with van der Waals surface area (Å²) < 4.78 is 14.0. The molecule has 0 aromatic heterocycles. The highest BCUT2D eigenvalue weighted by Crippen LogP contribution is 2.20. The molecule has 1 atom stereocenters. The second-order valence-corrected chi connectivity index (χ2v) is 8.72. The van der Waals surface area contributed by atoms with E-state index >= 15 is 0 Å². The number of hydrogen-bond donors (Lipinski definition) is 1. The van der Waals surface area contributed by atoms with Crippen LogP contribution in [0.25, 0.3) is 0 Å². The Balaban J connectivity index is 1.39. The molecule has 2 fully saturated rings. The minimum Gasteiger partial charge on any atom is -0.352 e. The molecule has 0 saturated carbocycles. The summed E-state index contributed by atoms with van der Waals surface area (Å²) in [4.78, 5) is 28.6. The van der Waals surface area contributed by atoms with Crippen LogP contribution in [0.3, 0.4) is 0 Å². The maximum atomic E-state index is 13.0. The van der Waals surface area contributed by atoms with Gasteiger partial charge >= 0.3 is 0 Å². The Morgan fingerprint density at radius 1 is 1.19 bits per heavy atom. The minimum absolute atomic E-state index is 0.0302. The first-order valence-corrected chi connectivity index (χ1v) is 10.8. The number of nitrogens with one attached hydrogen (secondary N) is 1. The number of carbonyl (C=O) groups is 2. The standard InChI is InChI=1S/C20H27FIN3O2/c21-12-18-5-2-8-25(18)19(26)14-24-9-6-15(7-10-24)13-23-20(27)16-3-1-4-17(22)11-16/h1,3-4,11,15,18H,2,5-10,12-14H2,(H,23,27)/t18-/m0/s1. The molecule has 2 aliphatic heterocycles. The van der Waals surface area contributed by atoms with Gasteiger partial charge in [0.1, 0.15) is 6.67 Å². The van der Waals surface area contributed by atoms with Crippen molar-refractivity contribution in [3.63, 3.8) is 0 Å². The van der Waals surface area contributed by atoms with E-state index in [1.165, 1.54) is 0 Å². The average molecular weight is 487 g/mol. The fourth-order valence-electron chi connectivity index (χ4n) is 3.92. The van der Waals surface area contributed by atoms with Crippen LogP contribution in [0.15, 0.2) is 24.3 Å². The molecule has 0 aliphatic carbocycles. The Morgan fingerprint density at radius 3 is 2.67 bits per heavy atom. The van der Waals surface area contributed by atoms with Gasteiger partial charge in [-0.05, 0) is 85.5 Å². The van der Waals surface area contributed by atoms with E-state index in [1.54, 1.807) is 4.90 Å². The zero-order valence-corrected chi connectivity index (χ0v) is 17.7. The summed E-state index contributed by atoms with van der Waals surface area (Å²) in [5, 5.41) is 3.03. The number of nitrogens with zero attached hydrogens (tertiary/aromatic N) is 2. The van der Waals surface area contributed by atoms with Gasteiger partial charge in [0.2, 0.25) is 5.91 Å². The van der Waals surface area contributed by atoms with Crippen molar-refractivity contribution < 1.29 is 14.0 Å². The van der Waals surface area contributed by atoms with E-state index in [9.17, 15) is 14.0 Å². The Labute approximate surface area is 173 Å². The maximum Gasteiger partial charge on any atom is 0.251 e. The molecular weight excluding hydrogens is 460 g/mol. The van der Waals surface area contributed by atoms with Gasteiger partial charge in [-0.1, -0.05) is 6.07 Å². The molecular formula is C20H27FIN3O2. The molecule has 3 rings (SSSR count). The molecule has 1 aromatic carbocycles. The van der Waals surface area contributed by atoms with E-state index < -0.39 is 6.67 Å². The van der Waals surface area contributed by atoms with Crippen molar-refractivity contribution in [1.29, 1.82) is 0 Å². The van der Waals surface area contributed by atoms with E-state index in [4.69, 9.17) is 0 Å². The molecule has 0 unspecified atom stereocenters. The molecule has 0 bridgehead atoms. The third-order valence-electron chi connectivity index (χ3n) is 5.58. The SMILES string of the molecule is O=C(NCC1CCN(CC(=O)N2CCC[C@H]2CF)CC1)c1cccc(I)c1. The number of benzene rings is 1. The normalized spacial score (nSPS) is 21.4. The first kappa shape index (κ1) is 20.5. The Kier molecular flexibility index (Phi) is 7.46. The third kappa shape index (κ3) is 5.63. The van der Waals surface area contributed by atoms with Crippen molar-refractivity contribution in [3.05, 3.63) is 33.4 Å². The summed E-state index contributed by atoms with van der Waals surface area (Å²) in [6.07, 6.45) is 3.62. The number of alkyl halides is 1. The van der Waals surface area contributed by atoms with Gasteiger partial charge in [-0.3, -0.25) is 14.5 Å². The number of likely N-dealkylation sites (tertiary alicyclic amines) is 2. The van der Waals surface area contributed by atoms with Gasteiger partial charge in [-0.25, -0.2) is 4.39 Å². The lowest BCUT2D eigenvalue weighted by atomic mass is 9.96. The summed E-state index contributed by atoms with van der Waals surface area (Å²) in [7, 11) is 0. The number of carbonyl (C=O) groups excluding carboxylic acids is 2. The number of piperidine rings is 1. The lowest BCUT2D eigenvalue weighted by Gasteiger charge is -2.33. The quantitative estimate of drug-likeness (QED) is 0.629. The summed E-state index contributed by atoms with van der Waals surface area (Å²) in [6, 6.07) is 7.35. The highest BCUT2D eigenvalue weighted by molar-refractivity contribution is 14.1. The average Bonchev–Trinajstić information content (AvgIpc) is 3.16. The predicted molar refractivity (Wildman–Crippen MR) is 111 cm³/mol. The highest BCUT2D eigenvalue weighted by atomic mass is 127. The van der Waals surface area contributed by atoms with E-state index in [0.717, 1.165) is 42.3 Å². The molecule has 0 spiro atoms. The molecule has 0 radical (unpaired) electrons. The lowest BCUT2D eigenvalue weighted by Crippen LogP contribution is -2.46. The van der Waals surface area contributed by atoms with Crippen molar-refractivity contribution >= 4 is 34.4 Å². The topological polar surface area (TPSA) is 52.7 Å². The van der Waals surface area contributed by atoms with E-state index in [2.05, 4.69) is 32.8 Å². The first-order valence-electron chi connectivity index (χ1n) is 9.68. The van der Waals surface area contributed by atoms with Crippen molar-refractivity contribution in [1.82, 2.24) is 15.1 Å². The van der Waals surface area contributed by atoms with Crippen molar-refractivity contribution in [2.24, 2.45) is 5.92 Å². The van der Waals surface area contributed by atoms with E-state index in [0.29, 0.717) is 31.1 Å². The minimum atomic E-state index is -0.437. The van der Waals surface area contributed by atoms with Gasteiger partial charge < -0.3 is 10.2 Å². The van der Waals surface area contributed by atoms with Gasteiger partial charge in [0, 0.05) is 22.2 Å². The predicted octanol–water partition coefficient (Wildman–Crippen LogP) is 2.69. The van der Waals surface area contributed by atoms with Gasteiger partial charge in [0.05, 0.1) is 12.6 Å². The zero-order valence-electron chi connectivity index (χ0n) is 15.5. The number of halogens is 2. The third-order valence-corrected chi connectivity index (χ3v) is 6.25. The van der Waals surface area contributed by atoms with E-state index in [-0.39, 0.29) is 17.9 Å². The van der Waals surface area contributed by atoms with E-state index in [1.807, 2.05) is 24.3 Å². The van der Waals surface area contributed by atoms with Crippen LogP contribution in [0, 0.1) is 9.49 Å². The fraction of sp³-hybridized carbons (Fsp3) is 0.600. The molecule has 27 heavy (non-hydrogen) atoms. The first-order chi connectivity index (χ1) is 13.1. The maximum absolute atomic E-state index is 13.0. The Hall–Kier alpha value is -1.22. The molecule has 2 heterocycles. The van der Waals surface area contributed by atoms with Crippen molar-refractivity contribution in [2.75, 3.05) is 39.4 Å². The van der Waals surface area contributed by atoms with Crippen LogP contribution in [0.4, 0.5) is 4.39 Å². The molecule has 1 N–H and O–H groups in total. The second kappa shape index (κ2) is 9.82.